The topological polar surface area (TPSA) is 58.2 Å². The number of carbonyl (C=O) groups is 2. The molecule has 24 heavy (non-hydrogen) atoms. The highest BCUT2D eigenvalue weighted by atomic mass is 32.1. The Labute approximate surface area is 144 Å². The minimum Gasteiger partial charge on any atom is -0.352 e. The van der Waals surface area contributed by atoms with E-state index in [9.17, 15) is 9.59 Å². The van der Waals surface area contributed by atoms with E-state index in [0.717, 1.165) is 10.8 Å². The third kappa shape index (κ3) is 4.00. The summed E-state index contributed by atoms with van der Waals surface area (Å²) in [6.07, 6.45) is 0.691. The van der Waals surface area contributed by atoms with E-state index in [1.807, 2.05) is 53.9 Å². The molecule has 0 radical (unpaired) electrons. The maximum absolute atomic E-state index is 12.2. The molecular formula is C19H18N2O2S. The van der Waals surface area contributed by atoms with Crippen LogP contribution < -0.4 is 10.6 Å². The molecule has 1 aromatic heterocycles. The molecule has 4 nitrogen and oxygen atoms in total. The number of thiophene rings is 1. The molecule has 0 unspecified atom stereocenters. The molecule has 0 saturated carbocycles. The third-order valence-corrected chi connectivity index (χ3v) is 4.55. The van der Waals surface area contributed by atoms with Gasteiger partial charge in [-0.15, -0.1) is 11.3 Å². The third-order valence-electron chi connectivity index (χ3n) is 3.68. The molecule has 0 atom stereocenters. The van der Waals surface area contributed by atoms with Crippen LogP contribution in [0.4, 0.5) is 0 Å². The zero-order valence-electron chi connectivity index (χ0n) is 13.1. The molecule has 0 aliphatic carbocycles. The van der Waals surface area contributed by atoms with Crippen molar-refractivity contribution < 1.29 is 9.59 Å². The molecule has 2 N–H and O–H groups in total. The lowest BCUT2D eigenvalue weighted by Crippen LogP contribution is -2.29. The van der Waals surface area contributed by atoms with Crippen LogP contribution in [0.1, 0.15) is 26.5 Å². The first-order chi connectivity index (χ1) is 11.7. The van der Waals surface area contributed by atoms with Gasteiger partial charge in [0, 0.05) is 18.7 Å². The van der Waals surface area contributed by atoms with Crippen molar-refractivity contribution in [3.8, 4) is 0 Å². The van der Waals surface area contributed by atoms with Gasteiger partial charge >= 0.3 is 0 Å². The average molecular weight is 338 g/mol. The van der Waals surface area contributed by atoms with Crippen LogP contribution in [0.5, 0.6) is 0 Å². The van der Waals surface area contributed by atoms with Gasteiger partial charge in [-0.2, -0.15) is 0 Å². The van der Waals surface area contributed by atoms with Crippen LogP contribution in [-0.4, -0.2) is 24.9 Å². The van der Waals surface area contributed by atoms with E-state index >= 15 is 0 Å². The molecule has 0 aliphatic heterocycles. The summed E-state index contributed by atoms with van der Waals surface area (Å²) >= 11 is 1.42. The second kappa shape index (κ2) is 7.75. The predicted molar refractivity (Wildman–Crippen MR) is 97.6 cm³/mol. The fourth-order valence-electron chi connectivity index (χ4n) is 2.42. The standard InChI is InChI=1S/C19H18N2O2S/c22-18(16-9-8-14-5-1-2-6-15(14)13-16)20-10-4-11-21-19(23)17-7-3-12-24-17/h1-3,5-9,12-13H,4,10-11H2,(H,20,22)(H,21,23). The maximum atomic E-state index is 12.2. The van der Waals surface area contributed by atoms with Crippen LogP contribution in [0.25, 0.3) is 10.8 Å². The molecule has 3 aromatic rings. The normalized spacial score (nSPS) is 10.5. The number of nitrogens with one attached hydrogen (secondary N) is 2. The Morgan fingerprint density at radius 1 is 0.833 bits per heavy atom. The molecule has 2 aromatic carbocycles. The molecule has 0 fully saturated rings. The molecule has 5 heteroatoms. The summed E-state index contributed by atoms with van der Waals surface area (Å²) in [7, 11) is 0. The molecule has 3 rings (SSSR count). The molecule has 0 aliphatic rings. The smallest absolute Gasteiger partial charge is 0.261 e. The quantitative estimate of drug-likeness (QED) is 0.676. The van der Waals surface area contributed by atoms with Gasteiger partial charge in [-0.3, -0.25) is 9.59 Å². The van der Waals surface area contributed by atoms with E-state index in [4.69, 9.17) is 0 Å². The minimum atomic E-state index is -0.0923. The summed E-state index contributed by atoms with van der Waals surface area (Å²) in [5, 5.41) is 9.77. The second-order valence-corrected chi connectivity index (χ2v) is 6.35. The van der Waals surface area contributed by atoms with Gasteiger partial charge in [0.1, 0.15) is 0 Å². The molecule has 122 valence electrons. The number of amides is 2. The Morgan fingerprint density at radius 2 is 1.58 bits per heavy atom. The van der Waals surface area contributed by atoms with E-state index < -0.39 is 0 Å². The Hall–Kier alpha value is -2.66. The zero-order valence-corrected chi connectivity index (χ0v) is 13.9. The molecule has 1 heterocycles. The van der Waals surface area contributed by atoms with Crippen LogP contribution >= 0.6 is 11.3 Å². The summed E-state index contributed by atoms with van der Waals surface area (Å²) < 4.78 is 0. The number of hydrogen-bond acceptors (Lipinski definition) is 3. The van der Waals surface area contributed by atoms with Gasteiger partial charge < -0.3 is 10.6 Å². The van der Waals surface area contributed by atoms with Gasteiger partial charge in [0.15, 0.2) is 0 Å². The molecule has 2 amide bonds. The molecule has 0 spiro atoms. The van der Waals surface area contributed by atoms with E-state index in [1.54, 1.807) is 6.07 Å². The van der Waals surface area contributed by atoms with Crippen molar-refractivity contribution in [1.29, 1.82) is 0 Å². The van der Waals surface area contributed by atoms with Crippen molar-refractivity contribution in [3.05, 3.63) is 70.4 Å². The van der Waals surface area contributed by atoms with Crippen LogP contribution in [-0.2, 0) is 0 Å². The minimum absolute atomic E-state index is 0.0640. The van der Waals surface area contributed by atoms with Gasteiger partial charge in [0.2, 0.25) is 0 Å². The Kier molecular flexibility index (Phi) is 5.23. The van der Waals surface area contributed by atoms with Crippen molar-refractivity contribution in [2.45, 2.75) is 6.42 Å². The maximum Gasteiger partial charge on any atom is 0.261 e. The molecule has 0 saturated heterocycles. The lowest BCUT2D eigenvalue weighted by molar-refractivity contribution is 0.0953. The number of rotatable bonds is 6. The average Bonchev–Trinajstić information content (AvgIpc) is 3.15. The monoisotopic (exact) mass is 338 g/mol. The lowest BCUT2D eigenvalue weighted by Gasteiger charge is -2.07. The Morgan fingerprint density at radius 3 is 2.33 bits per heavy atom. The summed E-state index contributed by atoms with van der Waals surface area (Å²) in [5.41, 5.74) is 0.649. The fraction of sp³-hybridized carbons (Fsp3) is 0.158. The first-order valence-electron chi connectivity index (χ1n) is 7.83. The molecular weight excluding hydrogens is 320 g/mol. The highest BCUT2D eigenvalue weighted by Gasteiger charge is 2.07. The summed E-state index contributed by atoms with van der Waals surface area (Å²) in [6, 6.07) is 17.3. The second-order valence-electron chi connectivity index (χ2n) is 5.40. The zero-order chi connectivity index (χ0) is 16.8. The van der Waals surface area contributed by atoms with Gasteiger partial charge in [-0.1, -0.05) is 36.4 Å². The van der Waals surface area contributed by atoms with Crippen molar-refractivity contribution in [3.63, 3.8) is 0 Å². The van der Waals surface area contributed by atoms with E-state index in [2.05, 4.69) is 10.6 Å². The first kappa shape index (κ1) is 16.2. The van der Waals surface area contributed by atoms with Gasteiger partial charge in [-0.05, 0) is 40.8 Å². The number of benzene rings is 2. The van der Waals surface area contributed by atoms with Crippen LogP contribution in [0.2, 0.25) is 0 Å². The van der Waals surface area contributed by atoms with E-state index in [1.165, 1.54) is 11.3 Å². The highest BCUT2D eigenvalue weighted by molar-refractivity contribution is 7.12. The first-order valence-corrected chi connectivity index (χ1v) is 8.71. The van der Waals surface area contributed by atoms with Gasteiger partial charge in [0.25, 0.3) is 11.8 Å². The van der Waals surface area contributed by atoms with Crippen LogP contribution in [0.15, 0.2) is 60.0 Å². The van der Waals surface area contributed by atoms with E-state index in [0.29, 0.717) is 30.0 Å². The van der Waals surface area contributed by atoms with Gasteiger partial charge in [-0.25, -0.2) is 0 Å². The summed E-state index contributed by atoms with van der Waals surface area (Å²) in [4.78, 5) is 24.6. The number of hydrogen-bond donors (Lipinski definition) is 2. The van der Waals surface area contributed by atoms with Crippen molar-refractivity contribution in [2.24, 2.45) is 0 Å². The number of carbonyl (C=O) groups excluding carboxylic acids is 2. The summed E-state index contributed by atoms with van der Waals surface area (Å²) in [6.45, 7) is 1.06. The van der Waals surface area contributed by atoms with Crippen molar-refractivity contribution in [2.75, 3.05) is 13.1 Å². The van der Waals surface area contributed by atoms with Crippen LogP contribution in [0.3, 0.4) is 0 Å². The Balaban J connectivity index is 1.44. The fourth-order valence-corrected chi connectivity index (χ4v) is 3.06. The highest BCUT2D eigenvalue weighted by Crippen LogP contribution is 2.15. The van der Waals surface area contributed by atoms with Crippen LogP contribution in [0, 0.1) is 0 Å². The Bertz CT molecular complexity index is 843. The van der Waals surface area contributed by atoms with E-state index in [-0.39, 0.29) is 11.8 Å². The summed E-state index contributed by atoms with van der Waals surface area (Å²) in [5.74, 6) is -0.156. The van der Waals surface area contributed by atoms with Crippen molar-refractivity contribution >= 4 is 33.9 Å². The predicted octanol–water partition coefficient (Wildman–Crippen LogP) is 3.45. The SMILES string of the molecule is O=C(NCCCNC(=O)c1cccs1)c1ccc2ccccc2c1. The van der Waals surface area contributed by atoms with Gasteiger partial charge in [0.05, 0.1) is 4.88 Å². The largest absolute Gasteiger partial charge is 0.352 e. The molecule has 0 bridgehead atoms. The number of fused-ring (bicyclic) bond motifs is 1. The lowest BCUT2D eigenvalue weighted by atomic mass is 10.1. The van der Waals surface area contributed by atoms with Crippen molar-refractivity contribution in [1.82, 2.24) is 10.6 Å².